The number of anilines is 1. The van der Waals surface area contributed by atoms with Gasteiger partial charge in [-0.25, -0.2) is 18.6 Å². The number of rotatable bonds is 6. The first kappa shape index (κ1) is 18.9. The van der Waals surface area contributed by atoms with Crippen molar-refractivity contribution in [1.82, 2.24) is 15.6 Å². The van der Waals surface area contributed by atoms with Gasteiger partial charge in [0.25, 0.3) is 0 Å². The molecule has 0 saturated carbocycles. The zero-order valence-electron chi connectivity index (χ0n) is 15.0. The average Bonchev–Trinajstić information content (AvgIpc) is 3.16. The number of nitrogens with one attached hydrogen (secondary N) is 2. The minimum Gasteiger partial charge on any atom is -0.481 e. The van der Waals surface area contributed by atoms with Crippen LogP contribution in [0.15, 0.2) is 36.5 Å². The number of benzene rings is 1. The molecule has 144 valence electrons. The lowest BCUT2D eigenvalue weighted by molar-refractivity contribution is 0.239. The molecule has 1 aromatic heterocycles. The molecular formula is C19H22F2N4O2. The Morgan fingerprint density at radius 2 is 2.11 bits per heavy atom. The smallest absolute Gasteiger partial charge is 0.315 e. The number of hydrogen-bond donors (Lipinski definition) is 2. The predicted molar refractivity (Wildman–Crippen MR) is 97.7 cm³/mol. The lowest BCUT2D eigenvalue weighted by Crippen LogP contribution is -2.38. The van der Waals surface area contributed by atoms with E-state index in [2.05, 4.69) is 15.6 Å². The lowest BCUT2D eigenvalue weighted by Gasteiger charge is -2.19. The molecular weight excluding hydrogens is 354 g/mol. The Hall–Kier alpha value is -2.90. The van der Waals surface area contributed by atoms with E-state index in [4.69, 9.17) is 4.74 Å². The molecule has 1 saturated heterocycles. The maximum atomic E-state index is 13.4. The van der Waals surface area contributed by atoms with Crippen molar-refractivity contribution in [3.05, 3.63) is 53.7 Å². The first-order valence-electron chi connectivity index (χ1n) is 8.76. The van der Waals surface area contributed by atoms with E-state index < -0.39 is 11.6 Å². The summed E-state index contributed by atoms with van der Waals surface area (Å²) in [7, 11) is 1.54. The van der Waals surface area contributed by atoms with Gasteiger partial charge in [-0.1, -0.05) is 0 Å². The minimum atomic E-state index is -0.848. The number of urea groups is 1. The number of pyridine rings is 1. The molecule has 0 unspecified atom stereocenters. The fraction of sp³-hybridized carbons (Fsp3) is 0.368. The van der Waals surface area contributed by atoms with Crippen LogP contribution in [0.5, 0.6) is 5.88 Å². The van der Waals surface area contributed by atoms with Crippen LogP contribution in [-0.2, 0) is 6.54 Å². The molecule has 6 nitrogen and oxygen atoms in total. The molecule has 0 aliphatic carbocycles. The largest absolute Gasteiger partial charge is 0.481 e. The molecule has 27 heavy (non-hydrogen) atoms. The number of aromatic nitrogens is 1. The topological polar surface area (TPSA) is 66.5 Å². The molecule has 1 fully saturated rings. The second-order valence-electron chi connectivity index (χ2n) is 6.47. The molecule has 3 rings (SSSR count). The lowest BCUT2D eigenvalue weighted by atomic mass is 10.1. The Labute approximate surface area is 156 Å². The summed E-state index contributed by atoms with van der Waals surface area (Å²) in [4.78, 5) is 18.0. The summed E-state index contributed by atoms with van der Waals surface area (Å²) in [5.41, 5.74) is 1.55. The van der Waals surface area contributed by atoms with Crippen molar-refractivity contribution in [2.24, 2.45) is 5.92 Å². The average molecular weight is 376 g/mol. The summed E-state index contributed by atoms with van der Waals surface area (Å²) in [5, 5.41) is 5.65. The van der Waals surface area contributed by atoms with Gasteiger partial charge in [-0.2, -0.15) is 0 Å². The summed E-state index contributed by atoms with van der Waals surface area (Å²) in [6, 6.07) is 7.23. The van der Waals surface area contributed by atoms with Crippen LogP contribution in [0.25, 0.3) is 0 Å². The number of carbonyl (C=O) groups excluding carboxylic acids is 1. The Kier molecular flexibility index (Phi) is 6.05. The van der Waals surface area contributed by atoms with Gasteiger partial charge in [0.15, 0.2) is 11.6 Å². The van der Waals surface area contributed by atoms with E-state index in [1.807, 2.05) is 4.90 Å². The molecule has 2 heterocycles. The summed E-state index contributed by atoms with van der Waals surface area (Å²) in [6.45, 7) is 2.32. The zero-order chi connectivity index (χ0) is 19.2. The molecule has 0 spiro atoms. The van der Waals surface area contributed by atoms with Crippen LogP contribution in [0.4, 0.5) is 19.3 Å². The standard InChI is InChI=1S/C19H22F2N4O2/c1-27-18-8-13(4-6-22-18)10-23-19(26)24-11-14-5-7-25(12-14)15-2-3-16(20)17(21)9-15/h2-4,6,8-9,14H,5,7,10-12H2,1H3,(H2,23,24,26)/t14-/m0/s1. The van der Waals surface area contributed by atoms with E-state index in [0.29, 0.717) is 31.2 Å². The van der Waals surface area contributed by atoms with Gasteiger partial charge in [0.1, 0.15) is 0 Å². The van der Waals surface area contributed by atoms with Gasteiger partial charge < -0.3 is 20.3 Å². The Morgan fingerprint density at radius 3 is 2.89 bits per heavy atom. The number of amides is 2. The highest BCUT2D eigenvalue weighted by Crippen LogP contribution is 2.24. The van der Waals surface area contributed by atoms with Gasteiger partial charge in [0.05, 0.1) is 7.11 Å². The van der Waals surface area contributed by atoms with Crippen molar-refractivity contribution < 1.29 is 18.3 Å². The van der Waals surface area contributed by atoms with Crippen molar-refractivity contribution in [3.8, 4) is 5.88 Å². The number of hydrogen-bond acceptors (Lipinski definition) is 4. The van der Waals surface area contributed by atoms with Crippen molar-refractivity contribution >= 4 is 11.7 Å². The van der Waals surface area contributed by atoms with Crippen LogP contribution in [-0.4, -0.2) is 37.8 Å². The van der Waals surface area contributed by atoms with Gasteiger partial charge in [-0.3, -0.25) is 0 Å². The van der Waals surface area contributed by atoms with Crippen molar-refractivity contribution in [1.29, 1.82) is 0 Å². The second-order valence-corrected chi connectivity index (χ2v) is 6.47. The molecule has 2 aromatic rings. The molecule has 0 radical (unpaired) electrons. The molecule has 1 aliphatic heterocycles. The van der Waals surface area contributed by atoms with Crippen LogP contribution in [0.2, 0.25) is 0 Å². The number of nitrogens with zero attached hydrogens (tertiary/aromatic N) is 2. The number of carbonyl (C=O) groups is 1. The summed E-state index contributed by atoms with van der Waals surface area (Å²) in [6.07, 6.45) is 2.50. The molecule has 1 aromatic carbocycles. The van der Waals surface area contributed by atoms with E-state index in [0.717, 1.165) is 24.6 Å². The molecule has 1 atom stereocenters. The SMILES string of the molecule is COc1cc(CNC(=O)NC[C@@H]2CCN(c3ccc(F)c(F)c3)C2)ccn1. The van der Waals surface area contributed by atoms with E-state index in [1.54, 1.807) is 24.4 Å². The Bertz CT molecular complexity index is 803. The first-order valence-corrected chi connectivity index (χ1v) is 8.76. The maximum absolute atomic E-state index is 13.4. The van der Waals surface area contributed by atoms with Gasteiger partial charge in [-0.05, 0) is 36.1 Å². The van der Waals surface area contributed by atoms with E-state index >= 15 is 0 Å². The van der Waals surface area contributed by atoms with E-state index in [9.17, 15) is 13.6 Å². The van der Waals surface area contributed by atoms with E-state index in [1.165, 1.54) is 13.2 Å². The Morgan fingerprint density at radius 1 is 1.26 bits per heavy atom. The monoisotopic (exact) mass is 376 g/mol. The third-order valence-corrected chi connectivity index (χ3v) is 4.57. The highest BCUT2D eigenvalue weighted by Gasteiger charge is 2.23. The van der Waals surface area contributed by atoms with Crippen LogP contribution in [0, 0.1) is 17.6 Å². The van der Waals surface area contributed by atoms with Crippen LogP contribution >= 0.6 is 0 Å². The number of methoxy groups -OCH3 is 1. The summed E-state index contributed by atoms with van der Waals surface area (Å²) in [5.74, 6) is -0.941. The van der Waals surface area contributed by atoms with E-state index in [-0.39, 0.29) is 11.9 Å². The molecule has 8 heteroatoms. The zero-order valence-corrected chi connectivity index (χ0v) is 15.0. The van der Waals surface area contributed by atoms with Gasteiger partial charge >= 0.3 is 6.03 Å². The minimum absolute atomic E-state index is 0.253. The second kappa shape index (κ2) is 8.66. The number of halogens is 2. The predicted octanol–water partition coefficient (Wildman–Crippen LogP) is 2.69. The first-order chi connectivity index (χ1) is 13.0. The van der Waals surface area contributed by atoms with Gasteiger partial charge in [0, 0.05) is 50.2 Å². The summed E-state index contributed by atoms with van der Waals surface area (Å²) < 4.78 is 31.5. The fourth-order valence-electron chi connectivity index (χ4n) is 3.07. The normalized spacial score (nSPS) is 16.3. The van der Waals surface area contributed by atoms with Crippen molar-refractivity contribution in [2.45, 2.75) is 13.0 Å². The van der Waals surface area contributed by atoms with Crippen LogP contribution in [0.3, 0.4) is 0 Å². The quantitative estimate of drug-likeness (QED) is 0.814. The maximum Gasteiger partial charge on any atom is 0.315 e. The van der Waals surface area contributed by atoms with Crippen LogP contribution < -0.4 is 20.3 Å². The van der Waals surface area contributed by atoms with Gasteiger partial charge in [0.2, 0.25) is 5.88 Å². The Balaban J connectivity index is 1.42. The third kappa shape index (κ3) is 5.06. The molecule has 2 N–H and O–H groups in total. The summed E-state index contributed by atoms with van der Waals surface area (Å²) >= 11 is 0. The van der Waals surface area contributed by atoms with Crippen molar-refractivity contribution in [3.63, 3.8) is 0 Å². The third-order valence-electron chi connectivity index (χ3n) is 4.57. The number of ether oxygens (including phenoxy) is 1. The fourth-order valence-corrected chi connectivity index (χ4v) is 3.07. The molecule has 2 amide bonds. The van der Waals surface area contributed by atoms with Gasteiger partial charge in [-0.15, -0.1) is 0 Å². The molecule has 1 aliphatic rings. The molecule has 0 bridgehead atoms. The van der Waals surface area contributed by atoms with Crippen LogP contribution in [0.1, 0.15) is 12.0 Å². The highest BCUT2D eigenvalue weighted by molar-refractivity contribution is 5.73. The highest BCUT2D eigenvalue weighted by atomic mass is 19.2. The van der Waals surface area contributed by atoms with Crippen molar-refractivity contribution in [2.75, 3.05) is 31.6 Å².